The van der Waals surface area contributed by atoms with Crippen molar-refractivity contribution >= 4 is 11.6 Å². The van der Waals surface area contributed by atoms with Crippen LogP contribution in [0.3, 0.4) is 0 Å². The van der Waals surface area contributed by atoms with Gasteiger partial charge in [-0.15, -0.1) is 0 Å². The standard InChI is InChI=1S/C16H10ClN3O2/c17-13-5-2-4-12(8-13)16-19-15(22-20-16)10-21-14-6-1-3-11(7-14)9-18/h1-8H,10H2. The lowest BCUT2D eigenvalue weighted by molar-refractivity contribution is 0.243. The van der Waals surface area contributed by atoms with Gasteiger partial charge in [-0.25, -0.2) is 0 Å². The predicted molar refractivity (Wildman–Crippen MR) is 80.2 cm³/mol. The van der Waals surface area contributed by atoms with Crippen LogP contribution in [-0.4, -0.2) is 10.1 Å². The summed E-state index contributed by atoms with van der Waals surface area (Å²) in [7, 11) is 0. The van der Waals surface area contributed by atoms with Crippen molar-refractivity contribution in [2.45, 2.75) is 6.61 Å². The second kappa shape index (κ2) is 6.29. The number of aromatic nitrogens is 2. The van der Waals surface area contributed by atoms with E-state index in [1.807, 2.05) is 12.1 Å². The van der Waals surface area contributed by atoms with Crippen LogP contribution in [0, 0.1) is 11.3 Å². The topological polar surface area (TPSA) is 71.9 Å². The van der Waals surface area contributed by atoms with Crippen molar-refractivity contribution < 1.29 is 9.26 Å². The molecule has 6 heteroatoms. The number of benzene rings is 2. The summed E-state index contributed by atoms with van der Waals surface area (Å²) in [6.07, 6.45) is 0. The average Bonchev–Trinajstić information content (AvgIpc) is 3.02. The van der Waals surface area contributed by atoms with Crippen LogP contribution in [0.25, 0.3) is 11.4 Å². The molecule has 3 aromatic rings. The molecule has 0 saturated carbocycles. The molecule has 0 fully saturated rings. The van der Waals surface area contributed by atoms with E-state index in [4.69, 9.17) is 26.1 Å². The molecule has 0 saturated heterocycles. The second-order valence-corrected chi connectivity index (χ2v) is 4.89. The molecule has 0 N–H and O–H groups in total. The fourth-order valence-corrected chi connectivity index (χ4v) is 2.05. The molecule has 3 rings (SSSR count). The van der Waals surface area contributed by atoms with Crippen molar-refractivity contribution in [2.75, 3.05) is 0 Å². The Kier molecular flexibility index (Phi) is 4.03. The van der Waals surface area contributed by atoms with Crippen molar-refractivity contribution in [2.24, 2.45) is 0 Å². The summed E-state index contributed by atoms with van der Waals surface area (Å²) >= 11 is 5.93. The molecule has 0 radical (unpaired) electrons. The number of ether oxygens (including phenoxy) is 1. The van der Waals surface area contributed by atoms with Crippen molar-refractivity contribution in [3.05, 3.63) is 65.0 Å². The molecule has 1 heterocycles. The van der Waals surface area contributed by atoms with Crippen LogP contribution in [0.2, 0.25) is 5.02 Å². The maximum Gasteiger partial charge on any atom is 0.264 e. The molecule has 0 bridgehead atoms. The van der Waals surface area contributed by atoms with E-state index in [2.05, 4.69) is 16.2 Å². The molecule has 0 spiro atoms. The van der Waals surface area contributed by atoms with Crippen molar-refractivity contribution in [3.8, 4) is 23.2 Å². The van der Waals surface area contributed by atoms with Crippen molar-refractivity contribution in [1.82, 2.24) is 10.1 Å². The minimum absolute atomic E-state index is 0.127. The summed E-state index contributed by atoms with van der Waals surface area (Å²) in [6.45, 7) is 0.127. The Bertz CT molecular complexity index is 839. The molecular weight excluding hydrogens is 302 g/mol. The maximum absolute atomic E-state index is 8.84. The quantitative estimate of drug-likeness (QED) is 0.732. The van der Waals surface area contributed by atoms with Gasteiger partial charge in [-0.3, -0.25) is 0 Å². The molecule has 1 aromatic heterocycles. The normalized spacial score (nSPS) is 10.2. The lowest BCUT2D eigenvalue weighted by atomic mass is 10.2. The van der Waals surface area contributed by atoms with Gasteiger partial charge >= 0.3 is 0 Å². The number of rotatable bonds is 4. The Balaban J connectivity index is 1.71. The summed E-state index contributed by atoms with van der Waals surface area (Å²) in [5.74, 6) is 1.37. The van der Waals surface area contributed by atoms with Gasteiger partial charge in [0.05, 0.1) is 11.6 Å². The zero-order valence-electron chi connectivity index (χ0n) is 11.4. The number of halogens is 1. The molecular formula is C16H10ClN3O2. The van der Waals surface area contributed by atoms with Gasteiger partial charge in [0.15, 0.2) is 6.61 Å². The third kappa shape index (κ3) is 3.25. The van der Waals surface area contributed by atoms with E-state index in [1.165, 1.54) is 0 Å². The van der Waals surface area contributed by atoms with E-state index in [0.29, 0.717) is 28.1 Å². The van der Waals surface area contributed by atoms with Gasteiger partial charge in [-0.1, -0.05) is 35.0 Å². The van der Waals surface area contributed by atoms with Crippen LogP contribution in [0.5, 0.6) is 5.75 Å². The van der Waals surface area contributed by atoms with Gasteiger partial charge in [0, 0.05) is 10.6 Å². The van der Waals surface area contributed by atoms with E-state index < -0.39 is 0 Å². The van der Waals surface area contributed by atoms with E-state index in [1.54, 1.807) is 36.4 Å². The highest BCUT2D eigenvalue weighted by atomic mass is 35.5. The first-order chi connectivity index (χ1) is 10.7. The number of nitriles is 1. The summed E-state index contributed by atoms with van der Waals surface area (Å²) in [4.78, 5) is 4.25. The first kappa shape index (κ1) is 14.1. The SMILES string of the molecule is N#Cc1cccc(OCc2nc(-c3cccc(Cl)c3)no2)c1. The number of nitrogens with zero attached hydrogens (tertiary/aromatic N) is 3. The zero-order valence-corrected chi connectivity index (χ0v) is 12.1. The van der Waals surface area contributed by atoms with Crippen molar-refractivity contribution in [3.63, 3.8) is 0 Å². The molecule has 0 aliphatic carbocycles. The molecule has 0 atom stereocenters. The first-order valence-electron chi connectivity index (χ1n) is 6.46. The van der Waals surface area contributed by atoms with E-state index >= 15 is 0 Å². The summed E-state index contributed by atoms with van der Waals surface area (Å²) in [5, 5.41) is 13.3. The third-order valence-corrected chi connectivity index (χ3v) is 3.11. The molecule has 22 heavy (non-hydrogen) atoms. The fraction of sp³-hybridized carbons (Fsp3) is 0.0625. The highest BCUT2D eigenvalue weighted by Crippen LogP contribution is 2.20. The van der Waals surface area contributed by atoms with Gasteiger partial charge in [0.25, 0.3) is 5.89 Å². The highest BCUT2D eigenvalue weighted by molar-refractivity contribution is 6.30. The smallest absolute Gasteiger partial charge is 0.264 e. The lowest BCUT2D eigenvalue weighted by Gasteiger charge is -2.02. The summed E-state index contributed by atoms with van der Waals surface area (Å²) in [5.41, 5.74) is 1.30. The molecule has 0 amide bonds. The van der Waals surface area contributed by atoms with Gasteiger partial charge in [0.2, 0.25) is 5.82 Å². The first-order valence-corrected chi connectivity index (χ1v) is 6.84. The van der Waals surface area contributed by atoms with Crippen LogP contribution in [-0.2, 0) is 6.61 Å². The Morgan fingerprint density at radius 2 is 2.05 bits per heavy atom. The van der Waals surface area contributed by atoms with Crippen LogP contribution in [0.1, 0.15) is 11.5 Å². The monoisotopic (exact) mass is 311 g/mol. The maximum atomic E-state index is 8.84. The molecule has 0 aliphatic heterocycles. The van der Waals surface area contributed by atoms with Crippen LogP contribution in [0.4, 0.5) is 0 Å². The van der Waals surface area contributed by atoms with Crippen LogP contribution < -0.4 is 4.74 Å². The third-order valence-electron chi connectivity index (χ3n) is 2.88. The Hall–Kier alpha value is -2.84. The Morgan fingerprint density at radius 1 is 1.18 bits per heavy atom. The Labute approximate surface area is 131 Å². The minimum atomic E-state index is 0.127. The number of hydrogen-bond donors (Lipinski definition) is 0. The summed E-state index contributed by atoms with van der Waals surface area (Å²) in [6, 6.07) is 16.1. The molecule has 2 aromatic carbocycles. The van der Waals surface area contributed by atoms with Gasteiger partial charge in [-0.05, 0) is 30.3 Å². The van der Waals surface area contributed by atoms with Gasteiger partial charge in [0.1, 0.15) is 5.75 Å². The van der Waals surface area contributed by atoms with Crippen LogP contribution >= 0.6 is 11.6 Å². The summed E-state index contributed by atoms with van der Waals surface area (Å²) < 4.78 is 10.7. The predicted octanol–water partition coefficient (Wildman–Crippen LogP) is 3.84. The van der Waals surface area contributed by atoms with E-state index in [0.717, 1.165) is 5.56 Å². The second-order valence-electron chi connectivity index (χ2n) is 4.45. The fourth-order valence-electron chi connectivity index (χ4n) is 1.86. The van der Waals surface area contributed by atoms with E-state index in [-0.39, 0.29) is 6.61 Å². The molecule has 108 valence electrons. The van der Waals surface area contributed by atoms with Gasteiger partial charge in [-0.2, -0.15) is 10.2 Å². The van der Waals surface area contributed by atoms with Crippen LogP contribution in [0.15, 0.2) is 53.1 Å². The zero-order chi connectivity index (χ0) is 15.4. The largest absolute Gasteiger partial charge is 0.484 e. The molecule has 0 unspecified atom stereocenters. The minimum Gasteiger partial charge on any atom is -0.484 e. The van der Waals surface area contributed by atoms with Crippen molar-refractivity contribution in [1.29, 1.82) is 5.26 Å². The molecule has 5 nitrogen and oxygen atoms in total. The highest BCUT2D eigenvalue weighted by Gasteiger charge is 2.09. The Morgan fingerprint density at radius 3 is 2.86 bits per heavy atom. The van der Waals surface area contributed by atoms with Gasteiger partial charge < -0.3 is 9.26 Å². The lowest BCUT2D eigenvalue weighted by Crippen LogP contribution is -1.96. The molecule has 0 aliphatic rings. The number of hydrogen-bond acceptors (Lipinski definition) is 5. The average molecular weight is 312 g/mol. The van der Waals surface area contributed by atoms with E-state index in [9.17, 15) is 0 Å².